The summed E-state index contributed by atoms with van der Waals surface area (Å²) in [5.74, 6) is -0.350. The monoisotopic (exact) mass is 379 g/mol. The Morgan fingerprint density at radius 2 is 1.96 bits per heavy atom. The number of hydrogen-bond acceptors (Lipinski definition) is 6. The van der Waals surface area contributed by atoms with Crippen molar-refractivity contribution in [1.29, 1.82) is 0 Å². The van der Waals surface area contributed by atoms with Gasteiger partial charge in [-0.25, -0.2) is 13.4 Å². The number of ether oxygens (including phenoxy) is 1. The Morgan fingerprint density at radius 1 is 1.27 bits per heavy atom. The van der Waals surface area contributed by atoms with Crippen LogP contribution in [0.15, 0.2) is 41.7 Å². The van der Waals surface area contributed by atoms with Gasteiger partial charge in [-0.05, 0) is 19.0 Å². The maximum absolute atomic E-state index is 12.4. The van der Waals surface area contributed by atoms with Crippen molar-refractivity contribution in [2.75, 3.05) is 26.5 Å². The quantitative estimate of drug-likeness (QED) is 0.615. The van der Waals surface area contributed by atoms with E-state index in [2.05, 4.69) is 9.72 Å². The van der Waals surface area contributed by atoms with E-state index >= 15 is 0 Å². The van der Waals surface area contributed by atoms with Gasteiger partial charge in [-0.15, -0.1) is 0 Å². The average Bonchev–Trinajstić information content (AvgIpc) is 3.03. The van der Waals surface area contributed by atoms with E-state index in [0.29, 0.717) is 19.5 Å². The minimum Gasteiger partial charge on any atom is -0.468 e. The van der Waals surface area contributed by atoms with Crippen LogP contribution in [-0.4, -0.2) is 55.3 Å². The number of likely N-dealkylation sites (N-methyl/N-ethyl adjacent to an activating group) is 1. The fourth-order valence-electron chi connectivity index (χ4n) is 2.64. The van der Waals surface area contributed by atoms with Gasteiger partial charge in [-0.2, -0.15) is 0 Å². The largest absolute Gasteiger partial charge is 0.468 e. The van der Waals surface area contributed by atoms with E-state index in [9.17, 15) is 13.2 Å². The molecule has 0 unspecified atom stereocenters. The SMILES string of the molecule is CCS(=O)(=O)c1ncc(CN(C)CC(=O)OC)n1CCc1ccccc1. The molecule has 1 aromatic heterocycles. The van der Waals surface area contributed by atoms with E-state index in [4.69, 9.17) is 0 Å². The molecule has 0 spiro atoms. The molecule has 2 rings (SSSR count). The number of carbonyl (C=O) groups is 1. The number of sulfone groups is 1. The fourth-order valence-corrected chi connectivity index (χ4v) is 3.65. The maximum atomic E-state index is 12.4. The number of nitrogens with zero attached hydrogens (tertiary/aromatic N) is 3. The molecule has 1 aromatic carbocycles. The van der Waals surface area contributed by atoms with Gasteiger partial charge < -0.3 is 9.30 Å². The van der Waals surface area contributed by atoms with Crippen LogP contribution in [0.2, 0.25) is 0 Å². The van der Waals surface area contributed by atoms with Crippen molar-refractivity contribution < 1.29 is 17.9 Å². The molecule has 0 aliphatic carbocycles. The lowest BCUT2D eigenvalue weighted by atomic mass is 10.1. The second-order valence-corrected chi connectivity index (χ2v) is 8.24. The summed E-state index contributed by atoms with van der Waals surface area (Å²) in [5, 5.41) is 0.0809. The first kappa shape index (κ1) is 20.1. The standard InChI is InChI=1S/C18H25N3O4S/c1-4-26(23,24)18-19-12-16(13-20(2)14-17(22)25-3)21(18)11-10-15-8-6-5-7-9-15/h5-9,12H,4,10-11,13-14H2,1-3H3. The summed E-state index contributed by atoms with van der Waals surface area (Å²) in [6, 6.07) is 9.87. The van der Waals surface area contributed by atoms with Gasteiger partial charge in [-0.3, -0.25) is 9.69 Å². The molecular formula is C18H25N3O4S. The van der Waals surface area contributed by atoms with Gasteiger partial charge in [0.25, 0.3) is 0 Å². The first-order chi connectivity index (χ1) is 12.4. The summed E-state index contributed by atoms with van der Waals surface area (Å²) in [4.78, 5) is 17.4. The Morgan fingerprint density at radius 3 is 2.58 bits per heavy atom. The number of methoxy groups -OCH3 is 1. The summed E-state index contributed by atoms with van der Waals surface area (Å²) in [6.45, 7) is 2.63. The summed E-state index contributed by atoms with van der Waals surface area (Å²) >= 11 is 0. The molecule has 0 radical (unpaired) electrons. The topological polar surface area (TPSA) is 81.5 Å². The maximum Gasteiger partial charge on any atom is 0.319 e. The summed E-state index contributed by atoms with van der Waals surface area (Å²) in [7, 11) is -0.317. The molecule has 7 nitrogen and oxygen atoms in total. The van der Waals surface area contributed by atoms with Gasteiger partial charge in [-0.1, -0.05) is 37.3 Å². The molecule has 142 valence electrons. The highest BCUT2D eigenvalue weighted by molar-refractivity contribution is 7.91. The molecule has 26 heavy (non-hydrogen) atoms. The molecule has 8 heteroatoms. The Bertz CT molecular complexity index is 831. The van der Waals surface area contributed by atoms with Gasteiger partial charge in [0.05, 0.1) is 31.3 Å². The van der Waals surface area contributed by atoms with Crippen LogP contribution in [0.25, 0.3) is 0 Å². The lowest BCUT2D eigenvalue weighted by molar-refractivity contribution is -0.141. The minimum absolute atomic E-state index is 0.00715. The van der Waals surface area contributed by atoms with E-state index in [0.717, 1.165) is 11.3 Å². The van der Waals surface area contributed by atoms with Gasteiger partial charge in [0.15, 0.2) is 0 Å². The lowest BCUT2D eigenvalue weighted by Gasteiger charge is -2.17. The molecule has 2 aromatic rings. The van der Waals surface area contributed by atoms with E-state index in [1.807, 2.05) is 30.3 Å². The number of rotatable bonds is 9. The third-order valence-electron chi connectivity index (χ3n) is 4.09. The zero-order valence-electron chi connectivity index (χ0n) is 15.4. The number of aromatic nitrogens is 2. The van der Waals surface area contributed by atoms with Crippen LogP contribution in [-0.2, 0) is 38.9 Å². The van der Waals surface area contributed by atoms with Crippen LogP contribution in [0.1, 0.15) is 18.2 Å². The molecule has 0 fully saturated rings. The second-order valence-electron chi connectivity index (χ2n) is 6.07. The molecule has 0 aliphatic heterocycles. The van der Waals surface area contributed by atoms with Crippen LogP contribution in [0, 0.1) is 0 Å². The van der Waals surface area contributed by atoms with Crippen LogP contribution in [0.3, 0.4) is 0 Å². The Kier molecular flexibility index (Phi) is 6.93. The predicted octanol–water partition coefficient (Wildman–Crippen LogP) is 1.52. The fraction of sp³-hybridized carbons (Fsp3) is 0.444. The lowest BCUT2D eigenvalue weighted by Crippen LogP contribution is -2.28. The predicted molar refractivity (Wildman–Crippen MR) is 98.4 cm³/mol. The van der Waals surface area contributed by atoms with E-state index in [-0.39, 0.29) is 23.4 Å². The van der Waals surface area contributed by atoms with Gasteiger partial charge >= 0.3 is 5.97 Å². The van der Waals surface area contributed by atoms with Crippen molar-refractivity contribution in [3.05, 3.63) is 47.8 Å². The van der Waals surface area contributed by atoms with Crippen molar-refractivity contribution >= 4 is 15.8 Å². The summed E-state index contributed by atoms with van der Waals surface area (Å²) in [5.41, 5.74) is 1.87. The first-order valence-electron chi connectivity index (χ1n) is 8.43. The molecule has 0 bridgehead atoms. The minimum atomic E-state index is -3.43. The second kappa shape index (κ2) is 8.95. The summed E-state index contributed by atoms with van der Waals surface area (Å²) in [6.07, 6.45) is 2.26. The number of benzene rings is 1. The first-order valence-corrected chi connectivity index (χ1v) is 10.1. The Labute approximate surface area is 154 Å². The molecule has 0 saturated heterocycles. The smallest absolute Gasteiger partial charge is 0.319 e. The Balaban J connectivity index is 2.25. The van der Waals surface area contributed by atoms with Gasteiger partial charge in [0.1, 0.15) is 0 Å². The number of carbonyl (C=O) groups excluding carboxylic acids is 1. The molecule has 0 aliphatic rings. The number of esters is 1. The highest BCUT2D eigenvalue weighted by Gasteiger charge is 2.22. The highest BCUT2D eigenvalue weighted by Crippen LogP contribution is 2.16. The van der Waals surface area contributed by atoms with E-state index in [1.54, 1.807) is 29.6 Å². The van der Waals surface area contributed by atoms with E-state index in [1.165, 1.54) is 7.11 Å². The molecule has 0 N–H and O–H groups in total. The zero-order valence-corrected chi connectivity index (χ0v) is 16.2. The normalized spacial score (nSPS) is 11.7. The summed E-state index contributed by atoms with van der Waals surface area (Å²) < 4.78 is 31.2. The average molecular weight is 379 g/mol. The highest BCUT2D eigenvalue weighted by atomic mass is 32.2. The zero-order chi connectivity index (χ0) is 19.2. The number of aryl methyl sites for hydroxylation is 1. The van der Waals surface area contributed by atoms with Crippen LogP contribution >= 0.6 is 0 Å². The van der Waals surface area contributed by atoms with Gasteiger partial charge in [0.2, 0.25) is 15.0 Å². The van der Waals surface area contributed by atoms with Crippen molar-refractivity contribution in [3.63, 3.8) is 0 Å². The molecule has 0 atom stereocenters. The molecule has 0 amide bonds. The molecular weight excluding hydrogens is 354 g/mol. The van der Waals surface area contributed by atoms with Crippen molar-refractivity contribution in [1.82, 2.24) is 14.5 Å². The molecule has 1 heterocycles. The van der Waals surface area contributed by atoms with Crippen molar-refractivity contribution in [2.24, 2.45) is 0 Å². The Hall–Kier alpha value is -2.19. The third kappa shape index (κ3) is 5.15. The van der Waals surface area contributed by atoms with Crippen LogP contribution in [0.5, 0.6) is 0 Å². The van der Waals surface area contributed by atoms with Crippen molar-refractivity contribution in [3.8, 4) is 0 Å². The van der Waals surface area contributed by atoms with Crippen molar-refractivity contribution in [2.45, 2.75) is 31.6 Å². The molecule has 0 saturated carbocycles. The van der Waals surface area contributed by atoms with Crippen LogP contribution < -0.4 is 0 Å². The van der Waals surface area contributed by atoms with Gasteiger partial charge in [0, 0.05) is 13.1 Å². The third-order valence-corrected chi connectivity index (χ3v) is 5.73. The van der Waals surface area contributed by atoms with E-state index < -0.39 is 9.84 Å². The number of hydrogen-bond donors (Lipinski definition) is 0. The number of imidazole rings is 1. The van der Waals surface area contributed by atoms with Crippen LogP contribution in [0.4, 0.5) is 0 Å².